The standard InChI is InChI=1S/C72H56N2/c1-71(2)67-27-13-11-25-63(67)65-43-41-61(47-69(65)71)73(59-23-15-21-55(45-59)49-17-7-5-8-18-49)57-37-33-53(34-38-57)51-29-31-52(32-30-51)54-35-39-58(40-36-54)74(60-24-16-22-56(46-60)50-19-9-6-10-20-50)62-42-44-66-64-26-12-14-28-68(64)72(3,4)70(66)48-62/h5-48H,1-4H3. The number of nitrogens with zero attached hydrogens (tertiary/aromatic N) is 2. The van der Waals surface area contributed by atoms with Gasteiger partial charge in [-0.1, -0.05) is 222 Å². The molecule has 0 saturated heterocycles. The summed E-state index contributed by atoms with van der Waals surface area (Å²) >= 11 is 0. The Hall–Kier alpha value is -8.98. The van der Waals surface area contributed by atoms with Gasteiger partial charge in [-0.15, -0.1) is 0 Å². The van der Waals surface area contributed by atoms with Crippen molar-refractivity contribution < 1.29 is 0 Å². The first kappa shape index (κ1) is 44.9. The minimum atomic E-state index is -0.110. The average molecular weight is 949 g/mol. The molecule has 0 bridgehead atoms. The van der Waals surface area contributed by atoms with E-state index in [1.54, 1.807) is 0 Å². The fourth-order valence-corrected chi connectivity index (χ4v) is 11.9. The third-order valence-electron chi connectivity index (χ3n) is 15.9. The van der Waals surface area contributed by atoms with Crippen molar-refractivity contribution in [3.8, 4) is 66.8 Å². The van der Waals surface area contributed by atoms with E-state index >= 15 is 0 Å². The number of anilines is 6. The average Bonchev–Trinajstić information content (AvgIpc) is 3.84. The maximum absolute atomic E-state index is 2.41. The maximum Gasteiger partial charge on any atom is 0.0467 e. The van der Waals surface area contributed by atoms with Crippen molar-refractivity contribution in [2.45, 2.75) is 38.5 Å². The summed E-state index contributed by atoms with van der Waals surface area (Å²) < 4.78 is 0. The van der Waals surface area contributed by atoms with Crippen LogP contribution in [0.15, 0.2) is 267 Å². The van der Waals surface area contributed by atoms with Crippen molar-refractivity contribution in [3.05, 3.63) is 289 Å². The highest BCUT2D eigenvalue weighted by atomic mass is 15.1. The number of fused-ring (bicyclic) bond motifs is 6. The van der Waals surface area contributed by atoms with Gasteiger partial charge in [0.15, 0.2) is 0 Å². The lowest BCUT2D eigenvalue weighted by Crippen LogP contribution is -2.16. The molecule has 0 heterocycles. The van der Waals surface area contributed by atoms with Crippen LogP contribution in [0, 0.1) is 0 Å². The van der Waals surface area contributed by atoms with Crippen molar-refractivity contribution in [2.75, 3.05) is 9.80 Å². The summed E-state index contributed by atoms with van der Waals surface area (Å²) in [5, 5.41) is 0. The maximum atomic E-state index is 2.41. The second-order valence-corrected chi connectivity index (χ2v) is 21.0. The Balaban J connectivity index is 0.813. The van der Waals surface area contributed by atoms with E-state index < -0.39 is 0 Å². The van der Waals surface area contributed by atoms with Gasteiger partial charge in [-0.3, -0.25) is 0 Å². The summed E-state index contributed by atoms with van der Waals surface area (Å²) in [5.74, 6) is 0. The Morgan fingerprint density at radius 2 is 0.486 bits per heavy atom. The monoisotopic (exact) mass is 948 g/mol. The lowest BCUT2D eigenvalue weighted by Gasteiger charge is -2.28. The molecule has 354 valence electrons. The van der Waals surface area contributed by atoms with Gasteiger partial charge in [0, 0.05) is 45.0 Å². The molecule has 2 heteroatoms. The molecule has 13 rings (SSSR count). The first-order valence-corrected chi connectivity index (χ1v) is 25.9. The van der Waals surface area contributed by atoms with Crippen LogP contribution in [0.5, 0.6) is 0 Å². The first-order chi connectivity index (χ1) is 36.2. The van der Waals surface area contributed by atoms with Crippen LogP contribution in [0.3, 0.4) is 0 Å². The highest BCUT2D eigenvalue weighted by Gasteiger charge is 2.37. The normalized spacial score (nSPS) is 13.4. The SMILES string of the molecule is CC1(C)c2ccccc2-c2ccc(N(c3ccc(-c4ccc(-c5ccc(N(c6cccc(-c7ccccc7)c6)c6ccc7c(c6)C(C)(C)c6ccccc6-7)cc5)cc4)cc3)c3cccc(-c4ccccc4)c3)cc21. The van der Waals surface area contributed by atoms with Crippen LogP contribution in [0.4, 0.5) is 34.1 Å². The van der Waals surface area contributed by atoms with E-state index in [1.165, 1.54) is 89.0 Å². The Morgan fingerprint density at radius 3 is 0.878 bits per heavy atom. The van der Waals surface area contributed by atoms with Gasteiger partial charge in [0.2, 0.25) is 0 Å². The highest BCUT2D eigenvalue weighted by molar-refractivity contribution is 5.89. The van der Waals surface area contributed by atoms with Gasteiger partial charge in [0.1, 0.15) is 0 Å². The molecule has 0 unspecified atom stereocenters. The minimum Gasteiger partial charge on any atom is -0.310 e. The number of rotatable bonds is 10. The van der Waals surface area contributed by atoms with Gasteiger partial charge >= 0.3 is 0 Å². The summed E-state index contributed by atoms with van der Waals surface area (Å²) in [5.41, 5.74) is 26.8. The molecule has 0 aromatic heterocycles. The van der Waals surface area contributed by atoms with E-state index in [9.17, 15) is 0 Å². The second kappa shape index (κ2) is 17.9. The molecular weight excluding hydrogens is 893 g/mol. The van der Waals surface area contributed by atoms with Crippen molar-refractivity contribution in [1.82, 2.24) is 0 Å². The predicted octanol–water partition coefficient (Wildman–Crippen LogP) is 19.9. The number of hydrogen-bond acceptors (Lipinski definition) is 2. The van der Waals surface area contributed by atoms with Crippen molar-refractivity contribution in [2.24, 2.45) is 0 Å². The van der Waals surface area contributed by atoms with E-state index in [-0.39, 0.29) is 10.8 Å². The highest BCUT2D eigenvalue weighted by Crippen LogP contribution is 2.52. The topological polar surface area (TPSA) is 6.48 Å². The molecule has 0 atom stereocenters. The van der Waals surface area contributed by atoms with Gasteiger partial charge in [-0.2, -0.15) is 0 Å². The molecule has 0 radical (unpaired) electrons. The lowest BCUT2D eigenvalue weighted by atomic mass is 9.82. The van der Waals surface area contributed by atoms with Gasteiger partial charge in [0.05, 0.1) is 0 Å². The van der Waals surface area contributed by atoms with Gasteiger partial charge in [-0.05, 0) is 162 Å². The van der Waals surface area contributed by atoms with Crippen LogP contribution < -0.4 is 9.80 Å². The lowest BCUT2D eigenvalue weighted by molar-refractivity contribution is 0.660. The second-order valence-electron chi connectivity index (χ2n) is 21.0. The van der Waals surface area contributed by atoms with E-state index in [1.807, 2.05) is 0 Å². The Bertz CT molecular complexity index is 3610. The van der Waals surface area contributed by atoms with Crippen molar-refractivity contribution in [1.29, 1.82) is 0 Å². The van der Waals surface area contributed by atoms with Crippen LogP contribution in [0.25, 0.3) is 66.8 Å². The Morgan fingerprint density at radius 1 is 0.203 bits per heavy atom. The smallest absolute Gasteiger partial charge is 0.0467 e. The Kier molecular flexibility index (Phi) is 10.9. The minimum absolute atomic E-state index is 0.110. The number of benzene rings is 11. The van der Waals surface area contributed by atoms with Crippen LogP contribution in [0.2, 0.25) is 0 Å². The molecule has 2 aliphatic carbocycles. The molecule has 74 heavy (non-hydrogen) atoms. The molecule has 0 aliphatic heterocycles. The van der Waals surface area contributed by atoms with Gasteiger partial charge in [-0.25, -0.2) is 0 Å². The summed E-state index contributed by atoms with van der Waals surface area (Å²) in [6.45, 7) is 9.42. The van der Waals surface area contributed by atoms with E-state index in [4.69, 9.17) is 0 Å². The fraction of sp³-hybridized carbons (Fsp3) is 0.0833. The third-order valence-corrected chi connectivity index (χ3v) is 15.9. The third kappa shape index (κ3) is 7.74. The molecule has 11 aromatic carbocycles. The zero-order valence-corrected chi connectivity index (χ0v) is 42.3. The van der Waals surface area contributed by atoms with Crippen LogP contribution >= 0.6 is 0 Å². The quantitative estimate of drug-likeness (QED) is 0.135. The summed E-state index contributed by atoms with van der Waals surface area (Å²) in [7, 11) is 0. The summed E-state index contributed by atoms with van der Waals surface area (Å²) in [6.07, 6.45) is 0. The van der Waals surface area contributed by atoms with Crippen LogP contribution in [0.1, 0.15) is 49.9 Å². The van der Waals surface area contributed by atoms with Crippen LogP contribution in [-0.4, -0.2) is 0 Å². The molecule has 2 nitrogen and oxygen atoms in total. The molecule has 0 amide bonds. The van der Waals surface area contributed by atoms with Gasteiger partial charge in [0.25, 0.3) is 0 Å². The molecular formula is C72H56N2. The van der Waals surface area contributed by atoms with Gasteiger partial charge < -0.3 is 9.80 Å². The molecule has 0 spiro atoms. The molecule has 0 saturated carbocycles. The first-order valence-electron chi connectivity index (χ1n) is 25.9. The Labute approximate surface area is 436 Å². The summed E-state index contributed by atoms with van der Waals surface area (Å²) in [4.78, 5) is 4.82. The zero-order valence-electron chi connectivity index (χ0n) is 42.3. The van der Waals surface area contributed by atoms with E-state index in [0.717, 1.165) is 34.1 Å². The predicted molar refractivity (Wildman–Crippen MR) is 313 cm³/mol. The van der Waals surface area contributed by atoms with Crippen LogP contribution in [-0.2, 0) is 10.8 Å². The fourth-order valence-electron chi connectivity index (χ4n) is 11.9. The molecule has 0 N–H and O–H groups in total. The van der Waals surface area contributed by atoms with E-state index in [0.29, 0.717) is 0 Å². The molecule has 11 aromatic rings. The molecule has 2 aliphatic rings. The largest absolute Gasteiger partial charge is 0.310 e. The number of hydrogen-bond donors (Lipinski definition) is 0. The van der Waals surface area contributed by atoms with Crippen molar-refractivity contribution in [3.63, 3.8) is 0 Å². The zero-order chi connectivity index (χ0) is 50.0. The molecule has 0 fully saturated rings. The summed E-state index contributed by atoms with van der Waals surface area (Å²) in [6, 6.07) is 98.1. The van der Waals surface area contributed by atoms with E-state index in [2.05, 4.69) is 304 Å². The van der Waals surface area contributed by atoms with Crippen molar-refractivity contribution >= 4 is 34.1 Å².